The number of rotatable bonds is 1. The Balaban J connectivity index is 2.66. The fourth-order valence-corrected chi connectivity index (χ4v) is 2.94. The van der Waals surface area contributed by atoms with Gasteiger partial charge < -0.3 is 15.2 Å². The molecule has 0 aromatic heterocycles. The van der Waals surface area contributed by atoms with Crippen molar-refractivity contribution in [1.82, 2.24) is 5.32 Å². The van der Waals surface area contributed by atoms with E-state index in [0.717, 1.165) is 12.8 Å². The van der Waals surface area contributed by atoms with Crippen LogP contribution in [0.5, 0.6) is 0 Å². The molecule has 0 saturated heterocycles. The van der Waals surface area contributed by atoms with Crippen molar-refractivity contribution in [2.75, 3.05) is 0 Å². The van der Waals surface area contributed by atoms with Gasteiger partial charge in [0.2, 0.25) is 0 Å². The van der Waals surface area contributed by atoms with Crippen LogP contribution in [0.4, 0.5) is 4.79 Å². The topological polar surface area (TPSA) is 75.6 Å². The van der Waals surface area contributed by atoms with E-state index in [1.54, 1.807) is 20.8 Å². The van der Waals surface area contributed by atoms with Crippen molar-refractivity contribution < 1.29 is 19.4 Å². The van der Waals surface area contributed by atoms with E-state index >= 15 is 0 Å². The van der Waals surface area contributed by atoms with Gasteiger partial charge in [0.1, 0.15) is 5.60 Å². The molecule has 3 atom stereocenters. The first kappa shape index (κ1) is 16.1. The smallest absolute Gasteiger partial charge is 0.407 e. The highest BCUT2D eigenvalue weighted by molar-refractivity contribution is 14.1. The third-order valence-electron chi connectivity index (χ3n) is 2.62. The molecule has 0 heterocycles. The average Bonchev–Trinajstić information content (AvgIpc) is 2.55. The fourth-order valence-electron chi connectivity index (χ4n) is 1.90. The van der Waals surface area contributed by atoms with Crippen molar-refractivity contribution in [1.29, 1.82) is 0 Å². The third-order valence-corrected chi connectivity index (χ3v) is 4.02. The fraction of sp³-hybridized carbons (Fsp3) is 0.692. The van der Waals surface area contributed by atoms with Crippen molar-refractivity contribution in [2.45, 2.75) is 49.2 Å². The Kier molecular flexibility index (Phi) is 5.47. The summed E-state index contributed by atoms with van der Waals surface area (Å²) in [6.07, 6.45) is 1.21. The van der Waals surface area contributed by atoms with Crippen LogP contribution in [-0.2, 0) is 9.53 Å². The average molecular weight is 379 g/mol. The van der Waals surface area contributed by atoms with Crippen molar-refractivity contribution in [3.63, 3.8) is 0 Å². The summed E-state index contributed by atoms with van der Waals surface area (Å²) >= 11 is 2.25. The van der Waals surface area contributed by atoms with Crippen LogP contribution in [0.1, 0.15) is 33.6 Å². The molecule has 6 heteroatoms. The molecule has 1 fully saturated rings. The number of aliphatic carboxylic acids is 1. The van der Waals surface area contributed by atoms with Gasteiger partial charge >= 0.3 is 12.1 Å². The van der Waals surface area contributed by atoms with Gasteiger partial charge in [-0.25, -0.2) is 9.59 Å². The van der Waals surface area contributed by atoms with E-state index in [2.05, 4.69) is 39.7 Å². The van der Waals surface area contributed by atoms with Crippen LogP contribution in [0, 0.1) is 17.8 Å². The van der Waals surface area contributed by atoms with Gasteiger partial charge in [0.15, 0.2) is 0 Å². The zero-order valence-electron chi connectivity index (χ0n) is 11.2. The maximum atomic E-state index is 11.7. The maximum absolute atomic E-state index is 11.7. The minimum absolute atomic E-state index is 0.134. The van der Waals surface area contributed by atoms with E-state index in [0.29, 0.717) is 0 Å². The maximum Gasteiger partial charge on any atom is 0.407 e. The van der Waals surface area contributed by atoms with Crippen molar-refractivity contribution in [2.24, 2.45) is 5.92 Å². The van der Waals surface area contributed by atoms with Crippen molar-refractivity contribution >= 4 is 34.7 Å². The van der Waals surface area contributed by atoms with Crippen molar-refractivity contribution in [3.05, 3.63) is 0 Å². The Hall–Kier alpha value is -0.970. The largest absolute Gasteiger partial charge is 0.472 e. The van der Waals surface area contributed by atoms with Crippen molar-refractivity contribution in [3.8, 4) is 11.8 Å². The summed E-state index contributed by atoms with van der Waals surface area (Å²) in [5.74, 6) is 3.56. The number of carboxylic acid groups (broad SMARTS) is 1. The van der Waals surface area contributed by atoms with Crippen LogP contribution < -0.4 is 5.32 Å². The number of carbonyl (C=O) groups excluding carboxylic acids is 1. The third kappa shape index (κ3) is 5.68. The highest BCUT2D eigenvalue weighted by Gasteiger charge is 2.35. The second-order valence-electron chi connectivity index (χ2n) is 5.45. The molecule has 2 N–H and O–H groups in total. The van der Waals surface area contributed by atoms with E-state index in [9.17, 15) is 9.59 Å². The molecule has 0 aromatic rings. The van der Waals surface area contributed by atoms with Gasteiger partial charge in [-0.1, -0.05) is 28.5 Å². The highest BCUT2D eigenvalue weighted by Crippen LogP contribution is 2.31. The molecule has 5 nitrogen and oxygen atoms in total. The summed E-state index contributed by atoms with van der Waals surface area (Å²) in [5.41, 5.74) is -0.550. The number of hydrogen-bond acceptors (Lipinski definition) is 3. The molecular weight excluding hydrogens is 361 g/mol. The predicted octanol–water partition coefficient (Wildman–Crippen LogP) is 2.18. The Labute approximate surface area is 126 Å². The lowest BCUT2D eigenvalue weighted by Crippen LogP contribution is -2.44. The molecule has 19 heavy (non-hydrogen) atoms. The van der Waals surface area contributed by atoms with Crippen LogP contribution in [0.15, 0.2) is 0 Å². The van der Waals surface area contributed by atoms with Gasteiger partial charge in [-0.3, -0.25) is 0 Å². The molecule has 1 rings (SSSR count). The number of amides is 1. The lowest BCUT2D eigenvalue weighted by molar-refractivity contribution is -0.130. The zero-order chi connectivity index (χ0) is 14.6. The highest BCUT2D eigenvalue weighted by atomic mass is 127. The van der Waals surface area contributed by atoms with Gasteiger partial charge in [0.25, 0.3) is 0 Å². The molecule has 1 amide bonds. The number of alkyl halides is 1. The molecule has 0 bridgehead atoms. The Morgan fingerprint density at radius 2 is 2.00 bits per heavy atom. The summed E-state index contributed by atoms with van der Waals surface area (Å²) in [6.45, 7) is 5.39. The first-order valence-corrected chi connectivity index (χ1v) is 7.31. The van der Waals surface area contributed by atoms with Crippen LogP contribution in [0.25, 0.3) is 0 Å². The number of nitrogens with one attached hydrogen (secondary N) is 1. The Bertz CT molecular complexity index is 419. The van der Waals surface area contributed by atoms with Gasteiger partial charge in [-0.15, -0.1) is 0 Å². The lowest BCUT2D eigenvalue weighted by Gasteiger charge is -2.24. The van der Waals surface area contributed by atoms with Crippen LogP contribution in [0.3, 0.4) is 0 Å². The molecule has 0 aliphatic heterocycles. The normalized spacial score (nSPS) is 26.2. The minimum atomic E-state index is -1.15. The second-order valence-corrected chi connectivity index (χ2v) is 7.05. The van der Waals surface area contributed by atoms with Crippen LogP contribution in [0.2, 0.25) is 0 Å². The number of halogens is 1. The molecule has 0 spiro atoms. The molecule has 106 valence electrons. The molecular formula is C13H18INO4. The number of alkyl carbamates (subject to hydrolysis) is 1. The minimum Gasteiger partial charge on any atom is -0.472 e. The van der Waals surface area contributed by atoms with E-state index in [1.165, 1.54) is 0 Å². The first-order valence-electron chi connectivity index (χ1n) is 6.07. The van der Waals surface area contributed by atoms with Gasteiger partial charge in [-0.2, -0.15) is 0 Å². The summed E-state index contributed by atoms with van der Waals surface area (Å²) in [7, 11) is 0. The molecule has 1 aliphatic rings. The van der Waals surface area contributed by atoms with E-state index < -0.39 is 17.7 Å². The Morgan fingerprint density at radius 3 is 2.53 bits per heavy atom. The Morgan fingerprint density at radius 1 is 1.37 bits per heavy atom. The van der Waals surface area contributed by atoms with Gasteiger partial charge in [-0.05, 0) is 33.6 Å². The molecule has 1 saturated carbocycles. The van der Waals surface area contributed by atoms with Crippen LogP contribution >= 0.6 is 22.6 Å². The van der Waals surface area contributed by atoms with Gasteiger partial charge in [0.05, 0.1) is 6.04 Å². The van der Waals surface area contributed by atoms with E-state index in [1.807, 2.05) is 0 Å². The van der Waals surface area contributed by atoms with E-state index in [-0.39, 0.29) is 15.9 Å². The van der Waals surface area contributed by atoms with Crippen LogP contribution in [-0.4, -0.2) is 32.7 Å². The summed E-state index contributed by atoms with van der Waals surface area (Å²) in [4.78, 5) is 22.2. The molecule has 0 aromatic carbocycles. The summed E-state index contributed by atoms with van der Waals surface area (Å²) in [6, 6.07) is -0.165. The standard InChI is InChI=1S/C13H18INO4/c1-13(2,3)19-12(18)15-11-8(4-6-9(11)14)5-7-10(16)17/h8-9,11H,4,6H2,1-3H3,(H,15,18)(H,16,17)/t8-,9+,11-/m1/s1. The lowest BCUT2D eigenvalue weighted by atomic mass is 10.0. The van der Waals surface area contributed by atoms with Gasteiger partial charge in [0, 0.05) is 15.8 Å². The predicted molar refractivity (Wildman–Crippen MR) is 79.1 cm³/mol. The number of carbonyl (C=O) groups is 2. The summed E-state index contributed by atoms with van der Waals surface area (Å²) in [5, 5.41) is 11.4. The SMILES string of the molecule is CC(C)(C)OC(=O)N[C@H]1[C@@H](I)CC[C@@H]1C#CC(=O)O. The quantitative estimate of drug-likeness (QED) is 0.416. The second kappa shape index (κ2) is 6.46. The summed E-state index contributed by atoms with van der Waals surface area (Å²) < 4.78 is 5.44. The molecule has 1 aliphatic carbocycles. The zero-order valence-corrected chi connectivity index (χ0v) is 13.4. The number of hydrogen-bond donors (Lipinski definition) is 2. The monoisotopic (exact) mass is 379 g/mol. The number of carboxylic acids is 1. The van der Waals surface area contributed by atoms with E-state index in [4.69, 9.17) is 9.84 Å². The molecule has 0 unspecified atom stereocenters. The number of ether oxygens (including phenoxy) is 1. The molecule has 0 radical (unpaired) electrons. The first-order chi connectivity index (χ1) is 8.69.